The SMILES string of the molecule is CCOc1cc(C(=O)O[C@H](C)C(=O)N2CCc3ccccc32)cc(OCC)c1OCC. The van der Waals surface area contributed by atoms with Gasteiger partial charge in [-0.3, -0.25) is 4.79 Å². The largest absolute Gasteiger partial charge is 0.490 e. The van der Waals surface area contributed by atoms with Gasteiger partial charge in [0, 0.05) is 12.2 Å². The van der Waals surface area contributed by atoms with Crippen LogP contribution in [0.3, 0.4) is 0 Å². The molecule has 0 saturated carbocycles. The van der Waals surface area contributed by atoms with Crippen molar-refractivity contribution in [1.82, 2.24) is 0 Å². The maximum atomic E-state index is 12.9. The predicted octanol–water partition coefficient (Wildman–Crippen LogP) is 4.02. The molecule has 1 heterocycles. The standard InChI is InChI=1S/C24H29NO6/c1-5-28-20-14-18(15-21(29-6-2)22(20)30-7-3)24(27)31-16(4)23(26)25-13-12-17-10-8-9-11-19(17)25/h8-11,14-16H,5-7,12-13H2,1-4H3/t16-/m1/s1. The van der Waals surface area contributed by atoms with E-state index < -0.39 is 12.1 Å². The van der Waals surface area contributed by atoms with Gasteiger partial charge < -0.3 is 23.8 Å². The Morgan fingerprint density at radius 3 is 2.19 bits per heavy atom. The zero-order valence-corrected chi connectivity index (χ0v) is 18.5. The zero-order valence-electron chi connectivity index (χ0n) is 18.5. The third-order valence-corrected chi connectivity index (χ3v) is 4.93. The number of benzene rings is 2. The molecule has 3 rings (SSSR count). The van der Waals surface area contributed by atoms with Crippen LogP contribution in [0, 0.1) is 0 Å². The molecule has 1 atom stereocenters. The van der Waals surface area contributed by atoms with E-state index in [0.29, 0.717) is 43.6 Å². The molecule has 0 N–H and O–H groups in total. The summed E-state index contributed by atoms with van der Waals surface area (Å²) in [5.74, 6) is 0.363. The molecule has 1 amide bonds. The number of carbonyl (C=O) groups excluding carboxylic acids is 2. The summed E-state index contributed by atoms with van der Waals surface area (Å²) in [6.45, 7) is 8.92. The van der Waals surface area contributed by atoms with Crippen LogP contribution in [0.15, 0.2) is 36.4 Å². The van der Waals surface area contributed by atoms with Crippen molar-refractivity contribution in [1.29, 1.82) is 0 Å². The number of amides is 1. The van der Waals surface area contributed by atoms with E-state index in [1.54, 1.807) is 24.0 Å². The van der Waals surface area contributed by atoms with E-state index in [4.69, 9.17) is 18.9 Å². The third kappa shape index (κ3) is 4.93. The lowest BCUT2D eigenvalue weighted by Crippen LogP contribution is -2.39. The molecule has 0 bridgehead atoms. The summed E-state index contributed by atoms with van der Waals surface area (Å²) in [5.41, 5.74) is 2.22. The fourth-order valence-electron chi connectivity index (χ4n) is 3.57. The summed E-state index contributed by atoms with van der Waals surface area (Å²) in [7, 11) is 0. The number of rotatable bonds is 9. The molecule has 2 aromatic rings. The van der Waals surface area contributed by atoms with Crippen molar-refractivity contribution in [3.63, 3.8) is 0 Å². The maximum absolute atomic E-state index is 12.9. The van der Waals surface area contributed by atoms with E-state index in [1.807, 2.05) is 45.0 Å². The molecule has 0 spiro atoms. The fourth-order valence-corrected chi connectivity index (χ4v) is 3.57. The Bertz CT molecular complexity index is 914. The summed E-state index contributed by atoms with van der Waals surface area (Å²) in [6, 6.07) is 10.9. The predicted molar refractivity (Wildman–Crippen MR) is 117 cm³/mol. The average molecular weight is 427 g/mol. The van der Waals surface area contributed by atoms with Gasteiger partial charge in [-0.05, 0) is 57.9 Å². The molecule has 31 heavy (non-hydrogen) atoms. The van der Waals surface area contributed by atoms with E-state index in [9.17, 15) is 9.59 Å². The van der Waals surface area contributed by atoms with Crippen molar-refractivity contribution < 1.29 is 28.5 Å². The van der Waals surface area contributed by atoms with Gasteiger partial charge in [0.15, 0.2) is 17.6 Å². The van der Waals surface area contributed by atoms with Crippen LogP contribution in [0.5, 0.6) is 17.2 Å². The molecule has 0 radical (unpaired) electrons. The van der Waals surface area contributed by atoms with Crippen LogP contribution in [0.4, 0.5) is 5.69 Å². The van der Waals surface area contributed by atoms with Gasteiger partial charge in [-0.2, -0.15) is 0 Å². The lowest BCUT2D eigenvalue weighted by Gasteiger charge is -2.22. The summed E-state index contributed by atoms with van der Waals surface area (Å²) >= 11 is 0. The maximum Gasteiger partial charge on any atom is 0.339 e. The van der Waals surface area contributed by atoms with E-state index in [0.717, 1.165) is 17.7 Å². The van der Waals surface area contributed by atoms with Crippen molar-refractivity contribution in [3.8, 4) is 17.2 Å². The highest BCUT2D eigenvalue weighted by molar-refractivity contribution is 6.00. The van der Waals surface area contributed by atoms with Crippen LogP contribution in [0.1, 0.15) is 43.6 Å². The van der Waals surface area contributed by atoms with E-state index in [1.165, 1.54) is 0 Å². The molecule has 1 aliphatic heterocycles. The minimum absolute atomic E-state index is 0.233. The average Bonchev–Trinajstić information content (AvgIpc) is 3.19. The number of esters is 1. The monoisotopic (exact) mass is 427 g/mol. The highest BCUT2D eigenvalue weighted by Gasteiger charge is 2.30. The van der Waals surface area contributed by atoms with Gasteiger partial charge in [0.25, 0.3) is 5.91 Å². The number of ether oxygens (including phenoxy) is 4. The fraction of sp³-hybridized carbons (Fsp3) is 0.417. The van der Waals surface area contributed by atoms with Crippen LogP contribution in [0.2, 0.25) is 0 Å². The molecule has 0 saturated heterocycles. The third-order valence-electron chi connectivity index (χ3n) is 4.93. The van der Waals surface area contributed by atoms with Gasteiger partial charge in [0.2, 0.25) is 5.75 Å². The molecule has 2 aromatic carbocycles. The van der Waals surface area contributed by atoms with E-state index in [2.05, 4.69) is 0 Å². The second-order valence-corrected chi connectivity index (χ2v) is 7.02. The van der Waals surface area contributed by atoms with Crippen LogP contribution >= 0.6 is 0 Å². The first kappa shape index (κ1) is 22.5. The van der Waals surface area contributed by atoms with Gasteiger partial charge in [0.1, 0.15) is 0 Å². The van der Waals surface area contributed by atoms with Crippen molar-refractivity contribution in [3.05, 3.63) is 47.5 Å². The number of anilines is 1. The van der Waals surface area contributed by atoms with Gasteiger partial charge in [0.05, 0.1) is 25.4 Å². The molecule has 166 valence electrons. The van der Waals surface area contributed by atoms with Crippen molar-refractivity contribution in [2.75, 3.05) is 31.3 Å². The number of carbonyl (C=O) groups is 2. The smallest absolute Gasteiger partial charge is 0.339 e. The van der Waals surface area contributed by atoms with E-state index >= 15 is 0 Å². The minimum Gasteiger partial charge on any atom is -0.490 e. The highest BCUT2D eigenvalue weighted by Crippen LogP contribution is 2.39. The zero-order chi connectivity index (χ0) is 22.4. The number of hydrogen-bond acceptors (Lipinski definition) is 6. The molecular formula is C24H29NO6. The number of fused-ring (bicyclic) bond motifs is 1. The molecule has 0 fully saturated rings. The van der Waals surface area contributed by atoms with Crippen LogP contribution in [-0.4, -0.2) is 44.3 Å². The summed E-state index contributed by atoms with van der Waals surface area (Å²) in [5, 5.41) is 0. The topological polar surface area (TPSA) is 74.3 Å². The quantitative estimate of drug-likeness (QED) is 0.563. The number of nitrogens with zero attached hydrogens (tertiary/aromatic N) is 1. The normalized spacial score (nSPS) is 13.4. The Balaban J connectivity index is 1.79. The van der Waals surface area contributed by atoms with Gasteiger partial charge >= 0.3 is 5.97 Å². The Morgan fingerprint density at radius 1 is 0.968 bits per heavy atom. The van der Waals surface area contributed by atoms with Gasteiger partial charge in [-0.1, -0.05) is 18.2 Å². The molecule has 1 aliphatic rings. The first-order valence-corrected chi connectivity index (χ1v) is 10.7. The van der Waals surface area contributed by atoms with Crippen molar-refractivity contribution in [2.45, 2.75) is 40.2 Å². The van der Waals surface area contributed by atoms with Crippen molar-refractivity contribution in [2.24, 2.45) is 0 Å². The van der Waals surface area contributed by atoms with Crippen LogP contribution in [-0.2, 0) is 16.0 Å². The second-order valence-electron chi connectivity index (χ2n) is 7.02. The molecular weight excluding hydrogens is 398 g/mol. The van der Waals surface area contributed by atoms with Crippen LogP contribution < -0.4 is 19.1 Å². The summed E-state index contributed by atoms with van der Waals surface area (Å²) in [4.78, 5) is 27.5. The van der Waals surface area contributed by atoms with Crippen LogP contribution in [0.25, 0.3) is 0 Å². The summed E-state index contributed by atoms with van der Waals surface area (Å²) in [6.07, 6.45) is -0.145. The van der Waals surface area contributed by atoms with E-state index in [-0.39, 0.29) is 11.5 Å². The number of para-hydroxylation sites is 1. The molecule has 7 nitrogen and oxygen atoms in total. The lowest BCUT2D eigenvalue weighted by molar-refractivity contribution is -0.126. The second kappa shape index (κ2) is 10.2. The Morgan fingerprint density at radius 2 is 1.58 bits per heavy atom. The Labute approximate surface area is 182 Å². The summed E-state index contributed by atoms with van der Waals surface area (Å²) < 4.78 is 22.5. The first-order valence-electron chi connectivity index (χ1n) is 10.7. The minimum atomic E-state index is -0.934. The highest BCUT2D eigenvalue weighted by atomic mass is 16.6. The Hall–Kier alpha value is -3.22. The van der Waals surface area contributed by atoms with Gasteiger partial charge in [-0.25, -0.2) is 4.79 Å². The van der Waals surface area contributed by atoms with Gasteiger partial charge in [-0.15, -0.1) is 0 Å². The number of hydrogen-bond donors (Lipinski definition) is 0. The lowest BCUT2D eigenvalue weighted by atomic mass is 10.1. The van der Waals surface area contributed by atoms with Crippen molar-refractivity contribution >= 4 is 17.6 Å². The molecule has 0 aliphatic carbocycles. The molecule has 7 heteroatoms. The Kier molecular flexibility index (Phi) is 7.39. The first-order chi connectivity index (χ1) is 15.0. The molecule has 0 unspecified atom stereocenters. The molecule has 0 aromatic heterocycles.